The minimum absolute atomic E-state index is 0.0261. The molecule has 0 saturated carbocycles. The average Bonchev–Trinajstić information content (AvgIpc) is 2.00. The molecule has 0 aromatic carbocycles. The minimum atomic E-state index is -0.0261. The Morgan fingerprint density at radius 1 is 1.54 bits per heavy atom. The highest BCUT2D eigenvalue weighted by Crippen LogP contribution is 2.44. The second kappa shape index (κ2) is 2.60. The first-order chi connectivity index (χ1) is 5.99. The summed E-state index contributed by atoms with van der Waals surface area (Å²) in [7, 11) is 0. The van der Waals surface area contributed by atoms with Crippen LogP contribution in [0.5, 0.6) is 0 Å². The number of hydrogen-bond donors (Lipinski definition) is 0. The average molecular weight is 180 g/mol. The number of carbonyl (C=O) groups excluding carboxylic acids is 1. The van der Waals surface area contributed by atoms with Crippen LogP contribution in [0, 0.1) is 11.3 Å². The van der Waals surface area contributed by atoms with Crippen LogP contribution in [0.1, 0.15) is 33.6 Å². The van der Waals surface area contributed by atoms with Crippen molar-refractivity contribution in [2.75, 3.05) is 0 Å². The lowest BCUT2D eigenvalue weighted by Crippen LogP contribution is -2.40. The van der Waals surface area contributed by atoms with E-state index in [1.165, 1.54) is 5.57 Å². The third-order valence-corrected chi connectivity index (χ3v) is 3.35. The zero-order chi connectivity index (χ0) is 9.64. The SMILES string of the molecule is CC1=CC(C)(C)[C@@H]2CC(=O)O[C@H]1C2. The second-order valence-electron chi connectivity index (χ2n) is 4.82. The lowest BCUT2D eigenvalue weighted by atomic mass is 9.67. The quantitative estimate of drug-likeness (QED) is 0.422. The molecule has 2 atom stereocenters. The fraction of sp³-hybridized carbons (Fsp3) is 0.727. The van der Waals surface area contributed by atoms with Crippen molar-refractivity contribution in [3.63, 3.8) is 0 Å². The molecule has 2 heteroatoms. The van der Waals surface area contributed by atoms with E-state index in [2.05, 4.69) is 26.8 Å². The molecule has 1 fully saturated rings. The van der Waals surface area contributed by atoms with Gasteiger partial charge in [0.25, 0.3) is 0 Å². The van der Waals surface area contributed by atoms with Crippen LogP contribution in [-0.2, 0) is 9.53 Å². The van der Waals surface area contributed by atoms with Crippen molar-refractivity contribution in [1.82, 2.24) is 0 Å². The molecule has 2 rings (SSSR count). The molecule has 0 spiro atoms. The minimum Gasteiger partial charge on any atom is -0.458 e. The summed E-state index contributed by atoms with van der Waals surface area (Å²) in [4.78, 5) is 11.3. The van der Waals surface area contributed by atoms with Gasteiger partial charge in [-0.2, -0.15) is 0 Å². The summed E-state index contributed by atoms with van der Waals surface area (Å²) >= 11 is 0. The molecular weight excluding hydrogens is 164 g/mol. The Bertz CT molecular complexity index is 276. The van der Waals surface area contributed by atoms with Gasteiger partial charge in [0.1, 0.15) is 6.10 Å². The molecule has 0 radical (unpaired) electrons. The van der Waals surface area contributed by atoms with Crippen molar-refractivity contribution < 1.29 is 9.53 Å². The monoisotopic (exact) mass is 180 g/mol. The number of carbonyl (C=O) groups is 1. The van der Waals surface area contributed by atoms with Gasteiger partial charge >= 0.3 is 5.97 Å². The fourth-order valence-corrected chi connectivity index (χ4v) is 2.44. The third-order valence-electron chi connectivity index (χ3n) is 3.35. The highest BCUT2D eigenvalue weighted by Gasteiger charge is 2.41. The van der Waals surface area contributed by atoms with Crippen LogP contribution in [0.15, 0.2) is 11.6 Å². The van der Waals surface area contributed by atoms with Crippen molar-refractivity contribution in [1.29, 1.82) is 0 Å². The van der Waals surface area contributed by atoms with Gasteiger partial charge in [0.15, 0.2) is 0 Å². The van der Waals surface area contributed by atoms with Gasteiger partial charge in [0.05, 0.1) is 0 Å². The first kappa shape index (κ1) is 8.79. The van der Waals surface area contributed by atoms with Gasteiger partial charge in [-0.05, 0) is 30.3 Å². The largest absolute Gasteiger partial charge is 0.458 e. The lowest BCUT2D eigenvalue weighted by molar-refractivity contribution is -0.157. The number of rotatable bonds is 0. The Labute approximate surface area is 79.0 Å². The van der Waals surface area contributed by atoms with Gasteiger partial charge in [-0.1, -0.05) is 19.9 Å². The molecule has 0 aromatic rings. The molecule has 2 aliphatic rings. The molecule has 13 heavy (non-hydrogen) atoms. The molecule has 2 bridgehead atoms. The molecule has 0 aromatic heterocycles. The van der Waals surface area contributed by atoms with Gasteiger partial charge in [0.2, 0.25) is 0 Å². The van der Waals surface area contributed by atoms with Gasteiger partial charge in [0, 0.05) is 6.42 Å². The smallest absolute Gasteiger partial charge is 0.306 e. The van der Waals surface area contributed by atoms with E-state index in [-0.39, 0.29) is 17.5 Å². The topological polar surface area (TPSA) is 26.3 Å². The zero-order valence-corrected chi connectivity index (χ0v) is 8.46. The summed E-state index contributed by atoms with van der Waals surface area (Å²) < 4.78 is 5.26. The van der Waals surface area contributed by atoms with E-state index < -0.39 is 0 Å². The Kier molecular flexibility index (Phi) is 1.76. The van der Waals surface area contributed by atoms with Crippen LogP contribution < -0.4 is 0 Å². The zero-order valence-electron chi connectivity index (χ0n) is 8.46. The molecule has 72 valence electrons. The van der Waals surface area contributed by atoms with Crippen LogP contribution in [0.3, 0.4) is 0 Å². The van der Waals surface area contributed by atoms with Gasteiger partial charge < -0.3 is 4.74 Å². The molecule has 0 N–H and O–H groups in total. The van der Waals surface area contributed by atoms with Crippen molar-refractivity contribution in [3.8, 4) is 0 Å². The predicted molar refractivity (Wildman–Crippen MR) is 50.1 cm³/mol. The predicted octanol–water partition coefficient (Wildman–Crippen LogP) is 2.29. The summed E-state index contributed by atoms with van der Waals surface area (Å²) in [5.41, 5.74) is 1.38. The van der Waals surface area contributed by atoms with Crippen molar-refractivity contribution >= 4 is 5.97 Å². The van der Waals surface area contributed by atoms with Gasteiger partial charge in [-0.15, -0.1) is 0 Å². The number of esters is 1. The van der Waals surface area contributed by atoms with Crippen molar-refractivity contribution in [3.05, 3.63) is 11.6 Å². The van der Waals surface area contributed by atoms with E-state index in [9.17, 15) is 4.79 Å². The number of fused-ring (bicyclic) bond motifs is 2. The number of hydrogen-bond acceptors (Lipinski definition) is 2. The second-order valence-corrected chi connectivity index (χ2v) is 4.82. The Morgan fingerprint density at radius 3 is 2.92 bits per heavy atom. The van der Waals surface area contributed by atoms with Crippen LogP contribution in [0.25, 0.3) is 0 Å². The molecule has 1 saturated heterocycles. The highest BCUT2D eigenvalue weighted by atomic mass is 16.5. The summed E-state index contributed by atoms with van der Waals surface area (Å²) in [6.45, 7) is 6.47. The van der Waals surface area contributed by atoms with E-state index in [1.807, 2.05) is 0 Å². The Balaban J connectivity index is 2.35. The molecule has 1 heterocycles. The molecule has 0 unspecified atom stereocenters. The lowest BCUT2D eigenvalue weighted by Gasteiger charge is -2.42. The first-order valence-electron chi connectivity index (χ1n) is 4.88. The first-order valence-corrected chi connectivity index (χ1v) is 4.88. The van der Waals surface area contributed by atoms with E-state index in [0.717, 1.165) is 6.42 Å². The van der Waals surface area contributed by atoms with Crippen LogP contribution >= 0.6 is 0 Å². The van der Waals surface area contributed by atoms with Crippen LogP contribution in [-0.4, -0.2) is 12.1 Å². The standard InChI is InChI=1S/C11H16O2/c1-7-6-11(2,3)8-4-9(7)13-10(12)5-8/h6,8-9H,4-5H2,1-3H3/t8-,9-/m0/s1. The Hall–Kier alpha value is -0.790. The molecule has 1 aliphatic heterocycles. The van der Waals surface area contributed by atoms with Crippen LogP contribution in [0.2, 0.25) is 0 Å². The van der Waals surface area contributed by atoms with Gasteiger partial charge in [-0.25, -0.2) is 0 Å². The van der Waals surface area contributed by atoms with Crippen molar-refractivity contribution in [2.45, 2.75) is 39.7 Å². The van der Waals surface area contributed by atoms with E-state index >= 15 is 0 Å². The highest BCUT2D eigenvalue weighted by molar-refractivity contribution is 5.71. The van der Waals surface area contributed by atoms with E-state index in [0.29, 0.717) is 12.3 Å². The summed E-state index contributed by atoms with van der Waals surface area (Å²) in [5.74, 6) is 0.448. The fourth-order valence-electron chi connectivity index (χ4n) is 2.44. The van der Waals surface area contributed by atoms with Gasteiger partial charge in [-0.3, -0.25) is 4.79 Å². The maximum absolute atomic E-state index is 11.3. The summed E-state index contributed by atoms with van der Waals surface area (Å²) in [6.07, 6.45) is 3.94. The number of allylic oxidation sites excluding steroid dienone is 1. The maximum Gasteiger partial charge on any atom is 0.306 e. The van der Waals surface area contributed by atoms with E-state index in [1.54, 1.807) is 0 Å². The molecule has 1 aliphatic carbocycles. The maximum atomic E-state index is 11.3. The summed E-state index contributed by atoms with van der Waals surface area (Å²) in [5, 5.41) is 0. The van der Waals surface area contributed by atoms with E-state index in [4.69, 9.17) is 4.74 Å². The van der Waals surface area contributed by atoms with Crippen LogP contribution in [0.4, 0.5) is 0 Å². The molecular formula is C11H16O2. The Morgan fingerprint density at radius 2 is 2.23 bits per heavy atom. The normalized spacial score (nSPS) is 36.5. The molecule has 2 nitrogen and oxygen atoms in total. The molecule has 0 amide bonds. The third kappa shape index (κ3) is 1.38. The summed E-state index contributed by atoms with van der Waals surface area (Å²) in [6, 6.07) is 0. The number of ether oxygens (including phenoxy) is 1. The van der Waals surface area contributed by atoms with Crippen molar-refractivity contribution in [2.24, 2.45) is 11.3 Å².